The van der Waals surface area contributed by atoms with Gasteiger partial charge in [0.1, 0.15) is 30.4 Å². The lowest BCUT2D eigenvalue weighted by Crippen LogP contribution is -2.65. The topological polar surface area (TPSA) is 84.9 Å². The standard InChI is InChI=1S/C25H23Br2NO8/c1-24(2)34-17-14-9-10-25(27,22(17)35-24)36-28(14)23(29)15-16(26)19(31-11-13-7-5-4-6-8-13)21-20(18(15)30-3)32-12-33-21/h4-10,14,17,22H,11-12H2,1-3H3. The summed E-state index contributed by atoms with van der Waals surface area (Å²) in [6.07, 6.45) is 2.85. The fraction of sp³-hybridized carbons (Fsp3) is 0.400. The maximum atomic E-state index is 14.1. The van der Waals surface area contributed by atoms with Crippen LogP contribution in [0.25, 0.3) is 0 Å². The molecule has 2 saturated heterocycles. The number of alkyl halides is 1. The van der Waals surface area contributed by atoms with Crippen LogP contribution >= 0.6 is 31.9 Å². The number of ether oxygens (including phenoxy) is 6. The highest BCUT2D eigenvalue weighted by molar-refractivity contribution is 9.10. The molecule has 0 aromatic heterocycles. The highest BCUT2D eigenvalue weighted by Crippen LogP contribution is 2.56. The number of hydroxylamine groups is 2. The number of hydrogen-bond acceptors (Lipinski definition) is 8. The first-order valence-electron chi connectivity index (χ1n) is 11.3. The summed E-state index contributed by atoms with van der Waals surface area (Å²) >= 11 is 7.20. The Balaban J connectivity index is 1.39. The number of hydrogen-bond donors (Lipinski definition) is 0. The Morgan fingerprint density at radius 2 is 1.86 bits per heavy atom. The third-order valence-electron chi connectivity index (χ3n) is 6.40. The molecule has 0 saturated carbocycles. The van der Waals surface area contributed by atoms with Gasteiger partial charge >= 0.3 is 0 Å². The van der Waals surface area contributed by atoms with Crippen molar-refractivity contribution >= 4 is 37.8 Å². The van der Waals surface area contributed by atoms with E-state index in [9.17, 15) is 4.79 Å². The maximum absolute atomic E-state index is 14.1. The molecule has 2 fully saturated rings. The van der Waals surface area contributed by atoms with Crippen molar-refractivity contribution in [1.29, 1.82) is 0 Å². The highest BCUT2D eigenvalue weighted by atomic mass is 79.9. The van der Waals surface area contributed by atoms with Gasteiger partial charge in [-0.1, -0.05) is 36.4 Å². The maximum Gasteiger partial charge on any atom is 0.283 e. The molecule has 9 nitrogen and oxygen atoms in total. The lowest BCUT2D eigenvalue weighted by Gasteiger charge is -2.49. The fourth-order valence-electron chi connectivity index (χ4n) is 4.86. The number of carbonyl (C=O) groups is 1. The molecule has 11 heteroatoms. The molecule has 190 valence electrons. The third-order valence-corrected chi connectivity index (χ3v) is 8.02. The zero-order valence-corrected chi connectivity index (χ0v) is 22.8. The Kier molecular flexibility index (Phi) is 5.76. The molecule has 0 radical (unpaired) electrons. The van der Waals surface area contributed by atoms with Gasteiger partial charge in [0.15, 0.2) is 21.8 Å². The van der Waals surface area contributed by atoms with E-state index in [0.29, 0.717) is 16.0 Å². The molecule has 4 unspecified atom stereocenters. The molecule has 1 amide bonds. The molecule has 5 aliphatic rings. The predicted octanol–water partition coefficient (Wildman–Crippen LogP) is 4.70. The van der Waals surface area contributed by atoms with Crippen LogP contribution in [0.4, 0.5) is 0 Å². The van der Waals surface area contributed by atoms with E-state index >= 15 is 0 Å². The second kappa shape index (κ2) is 8.63. The molecule has 0 N–H and O–H groups in total. The van der Waals surface area contributed by atoms with Gasteiger partial charge in [-0.05, 0) is 57.3 Å². The molecular formula is C25H23Br2NO8. The van der Waals surface area contributed by atoms with E-state index in [1.165, 1.54) is 12.2 Å². The Hall–Kier alpha value is -2.31. The highest BCUT2D eigenvalue weighted by Gasteiger charge is 2.63. The van der Waals surface area contributed by atoms with Crippen LogP contribution in [0.3, 0.4) is 0 Å². The van der Waals surface area contributed by atoms with Crippen molar-refractivity contribution in [3.05, 3.63) is 58.1 Å². The minimum atomic E-state index is -1.07. The summed E-state index contributed by atoms with van der Waals surface area (Å²) in [4.78, 5) is 20.3. The molecule has 1 aliphatic carbocycles. The van der Waals surface area contributed by atoms with Crippen LogP contribution in [0.2, 0.25) is 0 Å². The Morgan fingerprint density at radius 1 is 1.14 bits per heavy atom. The first kappa shape index (κ1) is 24.1. The van der Waals surface area contributed by atoms with Crippen LogP contribution in [-0.2, 0) is 20.9 Å². The fourth-order valence-corrected chi connectivity index (χ4v) is 6.16. The van der Waals surface area contributed by atoms with Gasteiger partial charge in [-0.3, -0.25) is 4.79 Å². The van der Waals surface area contributed by atoms with E-state index in [2.05, 4.69) is 31.9 Å². The minimum Gasteiger partial charge on any atom is -0.492 e. The Bertz CT molecular complexity index is 1250. The van der Waals surface area contributed by atoms with Gasteiger partial charge in [0.2, 0.25) is 18.3 Å². The normalized spacial score (nSPS) is 28.8. The summed E-state index contributed by atoms with van der Waals surface area (Å²) in [6, 6.07) is 9.15. The summed E-state index contributed by atoms with van der Waals surface area (Å²) in [5.74, 6) is -0.0927. The molecule has 0 spiro atoms. The number of halogens is 2. The zero-order chi connectivity index (χ0) is 25.2. The molecule has 36 heavy (non-hydrogen) atoms. The zero-order valence-electron chi connectivity index (χ0n) is 19.7. The number of benzene rings is 2. The van der Waals surface area contributed by atoms with Crippen LogP contribution in [-0.4, -0.2) is 53.4 Å². The van der Waals surface area contributed by atoms with Gasteiger partial charge in [0, 0.05) is 0 Å². The average molecular weight is 625 g/mol. The predicted molar refractivity (Wildman–Crippen MR) is 133 cm³/mol. The molecule has 2 aromatic rings. The Labute approximate surface area is 224 Å². The van der Waals surface area contributed by atoms with Crippen molar-refractivity contribution in [1.82, 2.24) is 5.06 Å². The van der Waals surface area contributed by atoms with E-state index in [1.54, 1.807) is 0 Å². The van der Waals surface area contributed by atoms with Gasteiger partial charge in [-0.2, -0.15) is 0 Å². The molecule has 4 atom stereocenters. The number of nitrogens with zero attached hydrogens (tertiary/aromatic N) is 1. The van der Waals surface area contributed by atoms with E-state index in [0.717, 1.165) is 5.56 Å². The van der Waals surface area contributed by atoms with Gasteiger partial charge in [0.05, 0.1) is 11.6 Å². The third kappa shape index (κ3) is 3.71. The summed E-state index contributed by atoms with van der Waals surface area (Å²) in [5, 5.41) is 1.28. The second-order valence-corrected chi connectivity index (χ2v) is 11.2. The van der Waals surface area contributed by atoms with Gasteiger partial charge in [0.25, 0.3) is 5.91 Å². The average Bonchev–Trinajstić information content (AvgIpc) is 3.47. The minimum absolute atomic E-state index is 0.0302. The smallest absolute Gasteiger partial charge is 0.283 e. The number of methoxy groups -OCH3 is 1. The van der Waals surface area contributed by atoms with Crippen LogP contribution in [0, 0.1) is 0 Å². The molecule has 4 aliphatic heterocycles. The van der Waals surface area contributed by atoms with Crippen molar-refractivity contribution in [2.24, 2.45) is 0 Å². The van der Waals surface area contributed by atoms with E-state index < -0.39 is 34.5 Å². The van der Waals surface area contributed by atoms with E-state index in [-0.39, 0.29) is 30.5 Å². The second-order valence-electron chi connectivity index (χ2n) is 9.18. The lowest BCUT2D eigenvalue weighted by molar-refractivity contribution is -0.254. The first-order valence-corrected chi connectivity index (χ1v) is 12.9. The van der Waals surface area contributed by atoms with Crippen LogP contribution in [0.15, 0.2) is 47.0 Å². The molecule has 2 bridgehead atoms. The van der Waals surface area contributed by atoms with Crippen molar-refractivity contribution in [3.63, 3.8) is 0 Å². The van der Waals surface area contributed by atoms with Crippen molar-refractivity contribution in [2.45, 2.75) is 49.0 Å². The number of carbonyl (C=O) groups excluding carboxylic acids is 1. The molecule has 7 rings (SSSR count). The largest absolute Gasteiger partial charge is 0.492 e. The number of amides is 1. The first-order chi connectivity index (χ1) is 17.2. The van der Waals surface area contributed by atoms with Crippen LogP contribution in [0.5, 0.6) is 23.0 Å². The number of fused-ring (bicyclic) bond motifs is 2. The molecule has 4 heterocycles. The Morgan fingerprint density at radius 3 is 2.58 bits per heavy atom. The van der Waals surface area contributed by atoms with Gasteiger partial charge in [-0.15, -0.1) is 0 Å². The van der Waals surface area contributed by atoms with Gasteiger partial charge in [-0.25, -0.2) is 9.90 Å². The van der Waals surface area contributed by atoms with Crippen molar-refractivity contribution in [3.8, 4) is 23.0 Å². The van der Waals surface area contributed by atoms with Crippen LogP contribution in [0.1, 0.15) is 29.8 Å². The molecular weight excluding hydrogens is 602 g/mol. The summed E-state index contributed by atoms with van der Waals surface area (Å²) in [5.41, 5.74) is 1.13. The van der Waals surface area contributed by atoms with Crippen molar-refractivity contribution in [2.75, 3.05) is 13.9 Å². The number of rotatable bonds is 5. The van der Waals surface area contributed by atoms with E-state index in [4.69, 9.17) is 33.3 Å². The summed E-state index contributed by atoms with van der Waals surface area (Å²) < 4.78 is 34.7. The quantitative estimate of drug-likeness (QED) is 0.350. The van der Waals surface area contributed by atoms with E-state index in [1.807, 2.05) is 56.3 Å². The van der Waals surface area contributed by atoms with Crippen molar-refractivity contribution < 1.29 is 38.1 Å². The molecule has 2 aromatic carbocycles. The van der Waals surface area contributed by atoms with Gasteiger partial charge < -0.3 is 28.4 Å². The lowest BCUT2D eigenvalue weighted by atomic mass is 9.91. The summed E-state index contributed by atoms with van der Waals surface area (Å²) in [7, 11) is 1.46. The summed E-state index contributed by atoms with van der Waals surface area (Å²) in [6.45, 7) is 3.90. The SMILES string of the molecule is COc1c2c(c(OCc3ccccc3)c(Br)c1C(=O)N1OC3(Br)C=CC1C1OC(C)(C)OC13)OCO2. The monoisotopic (exact) mass is 623 g/mol. The van der Waals surface area contributed by atoms with Crippen LogP contribution < -0.4 is 18.9 Å².